The quantitative estimate of drug-likeness (QED) is 0.788. The Bertz CT molecular complexity index is 583. The van der Waals surface area contributed by atoms with Crippen LogP contribution in [0.1, 0.15) is 12.7 Å². The van der Waals surface area contributed by atoms with Gasteiger partial charge < -0.3 is 9.47 Å². The molecule has 19 heavy (non-hydrogen) atoms. The monoisotopic (exact) mass is 303 g/mol. The molecule has 0 radical (unpaired) electrons. The number of benzene rings is 1. The first-order chi connectivity index (χ1) is 9.06. The average Bonchev–Trinajstić information content (AvgIpc) is 2.73. The number of likely N-dealkylation sites (N-methyl/N-ethyl adjacent to an activating group) is 1. The summed E-state index contributed by atoms with van der Waals surface area (Å²) in [4.78, 5) is 6.57. The molecule has 2 aromatic rings. The summed E-state index contributed by atoms with van der Waals surface area (Å²) in [5.41, 5.74) is 1.42. The number of aromatic nitrogens is 2. The van der Waals surface area contributed by atoms with Gasteiger partial charge in [0.15, 0.2) is 0 Å². The van der Waals surface area contributed by atoms with Crippen LogP contribution in [0.4, 0.5) is 4.39 Å². The highest BCUT2D eigenvalue weighted by atomic mass is 35.5. The Morgan fingerprint density at radius 3 is 2.79 bits per heavy atom. The zero-order chi connectivity index (χ0) is 14.0. The molecule has 0 aliphatic heterocycles. The number of hydrogen-bond acceptors (Lipinski definition) is 2. The summed E-state index contributed by atoms with van der Waals surface area (Å²) in [7, 11) is 2.04. The molecule has 0 spiro atoms. The third-order valence-electron chi connectivity index (χ3n) is 3.23. The van der Waals surface area contributed by atoms with E-state index in [4.69, 9.17) is 23.2 Å². The van der Waals surface area contributed by atoms with Crippen LogP contribution in [0.5, 0.6) is 0 Å². The molecule has 0 atom stereocenters. The number of hydrogen-bond donors (Lipinski definition) is 0. The number of rotatable bonds is 5. The molecule has 3 nitrogen and oxygen atoms in total. The predicted octanol–water partition coefficient (Wildman–Crippen LogP) is 3.52. The lowest BCUT2D eigenvalue weighted by Crippen LogP contribution is -2.23. The van der Waals surface area contributed by atoms with Crippen LogP contribution in [0.2, 0.25) is 5.02 Å². The zero-order valence-electron chi connectivity index (χ0n) is 11.0. The highest BCUT2D eigenvalue weighted by Crippen LogP contribution is 2.24. The fourth-order valence-corrected chi connectivity index (χ4v) is 2.31. The molecule has 0 unspecified atom stereocenters. The molecule has 2 rings (SSSR count). The van der Waals surface area contributed by atoms with E-state index in [2.05, 4.69) is 16.8 Å². The van der Waals surface area contributed by atoms with Gasteiger partial charge in [-0.15, -0.1) is 11.6 Å². The largest absolute Gasteiger partial charge is 0.326 e. The second-order valence-corrected chi connectivity index (χ2v) is 5.14. The van der Waals surface area contributed by atoms with E-state index in [1.54, 1.807) is 6.07 Å². The maximum absolute atomic E-state index is 13.6. The summed E-state index contributed by atoms with van der Waals surface area (Å²) in [6.07, 6.45) is 0. The van der Waals surface area contributed by atoms with Crippen molar-refractivity contribution in [2.24, 2.45) is 0 Å². The van der Waals surface area contributed by atoms with Crippen molar-refractivity contribution in [3.05, 3.63) is 28.8 Å². The Hall–Kier alpha value is -0.840. The van der Waals surface area contributed by atoms with Gasteiger partial charge in [-0.3, -0.25) is 0 Å². The topological polar surface area (TPSA) is 21.1 Å². The van der Waals surface area contributed by atoms with Crippen LogP contribution in [0, 0.1) is 5.82 Å². The lowest BCUT2D eigenvalue weighted by Gasteiger charge is -2.15. The van der Waals surface area contributed by atoms with Gasteiger partial charge in [-0.05, 0) is 19.7 Å². The van der Waals surface area contributed by atoms with Gasteiger partial charge in [0.25, 0.3) is 0 Å². The molecular formula is C13H16Cl2FN3. The zero-order valence-corrected chi connectivity index (χ0v) is 12.5. The van der Waals surface area contributed by atoms with E-state index in [1.807, 2.05) is 11.6 Å². The Balaban J connectivity index is 2.42. The van der Waals surface area contributed by atoms with E-state index in [0.29, 0.717) is 11.4 Å². The van der Waals surface area contributed by atoms with E-state index < -0.39 is 5.82 Å². The lowest BCUT2D eigenvalue weighted by molar-refractivity contribution is 0.335. The van der Waals surface area contributed by atoms with Crippen molar-refractivity contribution in [3.8, 4) is 0 Å². The third-order valence-corrected chi connectivity index (χ3v) is 3.76. The third kappa shape index (κ3) is 3.02. The fraction of sp³-hybridized carbons (Fsp3) is 0.462. The molecule has 0 aliphatic rings. The van der Waals surface area contributed by atoms with Crippen LogP contribution >= 0.6 is 23.2 Å². The minimum absolute atomic E-state index is 0.0870. The van der Waals surface area contributed by atoms with Crippen molar-refractivity contribution in [3.63, 3.8) is 0 Å². The molecule has 6 heteroatoms. The Labute approximate surface area is 121 Å². The molecule has 0 amide bonds. The second kappa shape index (κ2) is 6.07. The van der Waals surface area contributed by atoms with Crippen LogP contribution in [0.25, 0.3) is 11.0 Å². The minimum atomic E-state index is -0.430. The molecule has 0 fully saturated rings. The Morgan fingerprint density at radius 1 is 1.42 bits per heavy atom. The van der Waals surface area contributed by atoms with E-state index in [-0.39, 0.29) is 5.02 Å². The van der Waals surface area contributed by atoms with Gasteiger partial charge in [0, 0.05) is 19.2 Å². The van der Waals surface area contributed by atoms with Gasteiger partial charge in [0.1, 0.15) is 11.6 Å². The smallest absolute Gasteiger partial charge is 0.144 e. The number of imidazole rings is 1. The van der Waals surface area contributed by atoms with Crippen molar-refractivity contribution in [1.29, 1.82) is 0 Å². The Morgan fingerprint density at radius 2 is 2.16 bits per heavy atom. The first-order valence-electron chi connectivity index (χ1n) is 6.15. The van der Waals surface area contributed by atoms with Crippen LogP contribution in [0.3, 0.4) is 0 Å². The number of alkyl halides is 1. The molecule has 104 valence electrons. The maximum Gasteiger partial charge on any atom is 0.144 e. The van der Waals surface area contributed by atoms with Crippen LogP contribution in [0.15, 0.2) is 12.1 Å². The van der Waals surface area contributed by atoms with E-state index in [9.17, 15) is 4.39 Å². The summed E-state index contributed by atoms with van der Waals surface area (Å²) in [5.74, 6) is 0.604. The van der Waals surface area contributed by atoms with Gasteiger partial charge in [0.2, 0.25) is 0 Å². The molecular weight excluding hydrogens is 288 g/mol. The highest BCUT2D eigenvalue weighted by molar-refractivity contribution is 6.31. The number of fused-ring (bicyclic) bond motifs is 1. The first-order valence-corrected chi connectivity index (χ1v) is 7.06. The second-order valence-electron chi connectivity index (χ2n) is 4.46. The van der Waals surface area contributed by atoms with Crippen molar-refractivity contribution in [2.45, 2.75) is 19.3 Å². The predicted molar refractivity (Wildman–Crippen MR) is 77.4 cm³/mol. The summed E-state index contributed by atoms with van der Waals surface area (Å²) in [5, 5.41) is 0.0870. The van der Waals surface area contributed by atoms with Crippen molar-refractivity contribution in [2.75, 3.05) is 20.1 Å². The summed E-state index contributed by atoms with van der Waals surface area (Å²) >= 11 is 11.7. The van der Waals surface area contributed by atoms with Gasteiger partial charge in [-0.25, -0.2) is 9.37 Å². The molecule has 0 aliphatic carbocycles. The van der Waals surface area contributed by atoms with Gasteiger partial charge in [-0.1, -0.05) is 18.5 Å². The normalized spacial score (nSPS) is 11.7. The fourth-order valence-electron chi connectivity index (χ4n) is 1.95. The van der Waals surface area contributed by atoms with Gasteiger partial charge in [0.05, 0.1) is 21.9 Å². The van der Waals surface area contributed by atoms with Gasteiger partial charge in [-0.2, -0.15) is 0 Å². The number of nitrogens with zero attached hydrogens (tertiary/aromatic N) is 3. The molecule has 0 saturated heterocycles. The lowest BCUT2D eigenvalue weighted by atomic mass is 10.3. The SMILES string of the molecule is CCN(C)CCn1c(CCl)nc2cc(Cl)c(F)cc21. The first kappa shape index (κ1) is 14.6. The molecule has 0 N–H and O–H groups in total. The summed E-state index contributed by atoms with van der Waals surface area (Å²) in [6, 6.07) is 2.97. The van der Waals surface area contributed by atoms with Crippen molar-refractivity contribution in [1.82, 2.24) is 14.5 Å². The van der Waals surface area contributed by atoms with E-state index >= 15 is 0 Å². The average molecular weight is 304 g/mol. The molecule has 0 bridgehead atoms. The highest BCUT2D eigenvalue weighted by Gasteiger charge is 2.13. The van der Waals surface area contributed by atoms with Crippen LogP contribution < -0.4 is 0 Å². The minimum Gasteiger partial charge on any atom is -0.326 e. The van der Waals surface area contributed by atoms with Crippen molar-refractivity contribution < 1.29 is 4.39 Å². The summed E-state index contributed by atoms with van der Waals surface area (Å²) in [6.45, 7) is 4.64. The summed E-state index contributed by atoms with van der Waals surface area (Å²) < 4.78 is 15.5. The van der Waals surface area contributed by atoms with E-state index in [0.717, 1.165) is 31.0 Å². The van der Waals surface area contributed by atoms with Crippen LogP contribution in [-0.4, -0.2) is 34.6 Å². The molecule has 1 heterocycles. The van der Waals surface area contributed by atoms with Crippen molar-refractivity contribution >= 4 is 34.2 Å². The Kier molecular flexibility index (Phi) is 4.66. The molecule has 1 aromatic carbocycles. The maximum atomic E-state index is 13.6. The van der Waals surface area contributed by atoms with E-state index in [1.165, 1.54) is 6.07 Å². The molecule has 0 saturated carbocycles. The van der Waals surface area contributed by atoms with Crippen LogP contribution in [-0.2, 0) is 12.4 Å². The molecule has 1 aromatic heterocycles. The number of halogens is 3. The van der Waals surface area contributed by atoms with Gasteiger partial charge >= 0.3 is 0 Å². The standard InChI is InChI=1S/C13H16Cl2FN3/c1-3-18(2)4-5-19-12-7-10(16)9(15)6-11(12)17-13(19)8-14/h6-7H,3-5,8H2,1-2H3.